The van der Waals surface area contributed by atoms with E-state index in [-0.39, 0.29) is 12.2 Å². The molecule has 0 bridgehead atoms. The molecule has 1 amide bonds. The van der Waals surface area contributed by atoms with E-state index in [4.69, 9.17) is 9.47 Å². The van der Waals surface area contributed by atoms with E-state index in [1.807, 2.05) is 37.3 Å². The molecule has 0 aromatic heterocycles. The summed E-state index contributed by atoms with van der Waals surface area (Å²) >= 11 is 0. The summed E-state index contributed by atoms with van der Waals surface area (Å²) in [6.45, 7) is 3.37. The van der Waals surface area contributed by atoms with E-state index in [2.05, 4.69) is 0 Å². The Bertz CT molecular complexity index is 380. The number of rotatable bonds is 2. The summed E-state index contributed by atoms with van der Waals surface area (Å²) in [5.41, 5.74) is 0.995. The number of benzene rings is 1. The van der Waals surface area contributed by atoms with Crippen molar-refractivity contribution in [3.63, 3.8) is 0 Å². The van der Waals surface area contributed by atoms with Crippen molar-refractivity contribution in [1.82, 2.24) is 4.90 Å². The summed E-state index contributed by atoms with van der Waals surface area (Å²) < 4.78 is 10.8. The molecule has 1 aliphatic heterocycles. The van der Waals surface area contributed by atoms with Gasteiger partial charge in [-0.05, 0) is 25.3 Å². The molecule has 18 heavy (non-hydrogen) atoms. The average molecular weight is 249 g/mol. The van der Waals surface area contributed by atoms with Gasteiger partial charge in [0.05, 0.1) is 6.10 Å². The second-order valence-electron chi connectivity index (χ2n) is 4.55. The molecule has 1 aromatic carbocycles. The van der Waals surface area contributed by atoms with Crippen LogP contribution in [-0.4, -0.2) is 30.4 Å². The van der Waals surface area contributed by atoms with Crippen LogP contribution in [0.3, 0.4) is 0 Å². The molecule has 1 unspecified atom stereocenters. The monoisotopic (exact) mass is 249 g/mol. The summed E-state index contributed by atoms with van der Waals surface area (Å²) in [7, 11) is 0. The topological polar surface area (TPSA) is 38.8 Å². The Balaban J connectivity index is 1.80. The third-order valence-corrected chi connectivity index (χ3v) is 3.02. The van der Waals surface area contributed by atoms with E-state index in [0.717, 1.165) is 18.4 Å². The summed E-state index contributed by atoms with van der Waals surface area (Å²) in [5, 5.41) is 0. The number of carbonyl (C=O) groups excluding carboxylic acids is 1. The van der Waals surface area contributed by atoms with Gasteiger partial charge in [-0.3, -0.25) is 4.90 Å². The fraction of sp³-hybridized carbons (Fsp3) is 0.500. The van der Waals surface area contributed by atoms with Crippen molar-refractivity contribution >= 4 is 6.09 Å². The van der Waals surface area contributed by atoms with Crippen LogP contribution in [-0.2, 0) is 16.1 Å². The molecule has 4 heteroatoms. The van der Waals surface area contributed by atoms with Crippen molar-refractivity contribution in [2.45, 2.75) is 32.5 Å². The van der Waals surface area contributed by atoms with E-state index in [1.165, 1.54) is 0 Å². The first-order valence-electron chi connectivity index (χ1n) is 6.33. The van der Waals surface area contributed by atoms with Gasteiger partial charge in [0.25, 0.3) is 0 Å². The molecule has 0 radical (unpaired) electrons. The van der Waals surface area contributed by atoms with Gasteiger partial charge in [-0.25, -0.2) is 4.79 Å². The summed E-state index contributed by atoms with van der Waals surface area (Å²) in [5.74, 6) is 0. The number of hydrogen-bond donors (Lipinski definition) is 0. The minimum atomic E-state index is -0.298. The zero-order valence-corrected chi connectivity index (χ0v) is 10.7. The molecule has 98 valence electrons. The quantitative estimate of drug-likeness (QED) is 0.809. The molecule has 1 heterocycles. The van der Waals surface area contributed by atoms with Crippen LogP contribution < -0.4 is 0 Å². The minimum absolute atomic E-state index is 0.219. The third kappa shape index (κ3) is 3.74. The van der Waals surface area contributed by atoms with Crippen LogP contribution in [0.2, 0.25) is 0 Å². The van der Waals surface area contributed by atoms with Crippen LogP contribution in [0, 0.1) is 0 Å². The van der Waals surface area contributed by atoms with Gasteiger partial charge in [-0.1, -0.05) is 30.3 Å². The minimum Gasteiger partial charge on any atom is -0.444 e. The third-order valence-electron chi connectivity index (χ3n) is 3.02. The number of amides is 1. The van der Waals surface area contributed by atoms with Crippen molar-refractivity contribution < 1.29 is 14.3 Å². The molecular weight excluding hydrogens is 230 g/mol. The van der Waals surface area contributed by atoms with Crippen LogP contribution >= 0.6 is 0 Å². The normalized spacial score (nSPS) is 20.3. The smallest absolute Gasteiger partial charge is 0.411 e. The van der Waals surface area contributed by atoms with Crippen molar-refractivity contribution in [2.75, 3.05) is 13.3 Å². The van der Waals surface area contributed by atoms with Gasteiger partial charge in [-0.2, -0.15) is 0 Å². The maximum absolute atomic E-state index is 11.9. The maximum atomic E-state index is 11.9. The number of carbonyl (C=O) groups is 1. The first-order valence-corrected chi connectivity index (χ1v) is 6.33. The highest BCUT2D eigenvalue weighted by atomic mass is 16.6. The largest absolute Gasteiger partial charge is 0.444 e. The highest BCUT2D eigenvalue weighted by Gasteiger charge is 2.19. The van der Waals surface area contributed by atoms with E-state index in [0.29, 0.717) is 19.9 Å². The molecule has 1 aliphatic rings. The van der Waals surface area contributed by atoms with Gasteiger partial charge < -0.3 is 9.47 Å². The van der Waals surface area contributed by atoms with E-state index in [1.54, 1.807) is 4.90 Å². The maximum Gasteiger partial charge on any atom is 0.411 e. The highest BCUT2D eigenvalue weighted by molar-refractivity contribution is 5.67. The Morgan fingerprint density at radius 2 is 2.22 bits per heavy atom. The number of hydrogen-bond acceptors (Lipinski definition) is 3. The summed E-state index contributed by atoms with van der Waals surface area (Å²) in [6.07, 6.45) is 1.87. The van der Waals surface area contributed by atoms with Gasteiger partial charge in [-0.15, -0.1) is 0 Å². The number of nitrogens with zero attached hydrogens (tertiary/aromatic N) is 1. The Hall–Kier alpha value is -1.55. The molecule has 1 atom stereocenters. The first-order chi connectivity index (χ1) is 8.75. The Labute approximate surface area is 107 Å². The lowest BCUT2D eigenvalue weighted by molar-refractivity contribution is 0.000478. The lowest BCUT2D eigenvalue weighted by Crippen LogP contribution is -2.33. The van der Waals surface area contributed by atoms with Crippen molar-refractivity contribution in [3.05, 3.63) is 35.9 Å². The van der Waals surface area contributed by atoms with Gasteiger partial charge >= 0.3 is 6.09 Å². The fourth-order valence-corrected chi connectivity index (χ4v) is 1.89. The molecule has 0 spiro atoms. The molecule has 0 N–H and O–H groups in total. The summed E-state index contributed by atoms with van der Waals surface area (Å²) in [6, 6.07) is 9.68. The molecule has 0 aliphatic carbocycles. The van der Waals surface area contributed by atoms with Crippen LogP contribution in [0.15, 0.2) is 30.3 Å². The molecule has 2 rings (SSSR count). The molecular formula is C14H19NO3. The highest BCUT2D eigenvalue weighted by Crippen LogP contribution is 2.11. The van der Waals surface area contributed by atoms with E-state index < -0.39 is 0 Å². The predicted molar refractivity (Wildman–Crippen MR) is 68.0 cm³/mol. The Morgan fingerprint density at radius 3 is 3.00 bits per heavy atom. The average Bonchev–Trinajstić information content (AvgIpc) is 2.62. The molecule has 1 saturated heterocycles. The molecule has 4 nitrogen and oxygen atoms in total. The zero-order valence-electron chi connectivity index (χ0n) is 10.7. The van der Waals surface area contributed by atoms with Crippen molar-refractivity contribution in [2.24, 2.45) is 0 Å². The van der Waals surface area contributed by atoms with Gasteiger partial charge in [0, 0.05) is 6.54 Å². The lowest BCUT2D eigenvalue weighted by atomic mass is 10.2. The summed E-state index contributed by atoms with van der Waals surface area (Å²) in [4.78, 5) is 13.5. The van der Waals surface area contributed by atoms with Crippen molar-refractivity contribution in [1.29, 1.82) is 0 Å². The van der Waals surface area contributed by atoms with Gasteiger partial charge in [0.1, 0.15) is 13.3 Å². The second-order valence-corrected chi connectivity index (χ2v) is 4.55. The standard InChI is InChI=1S/C14H19NO3/c1-12-6-5-9-15(11-18-12)14(16)17-10-13-7-3-2-4-8-13/h2-4,7-8,12H,5-6,9-11H2,1H3. The van der Waals surface area contributed by atoms with Crippen LogP contribution in [0.4, 0.5) is 4.79 Å². The van der Waals surface area contributed by atoms with E-state index in [9.17, 15) is 4.79 Å². The Morgan fingerprint density at radius 1 is 1.44 bits per heavy atom. The van der Waals surface area contributed by atoms with Crippen LogP contribution in [0.1, 0.15) is 25.3 Å². The predicted octanol–water partition coefficient (Wildman–Crippen LogP) is 2.78. The SMILES string of the molecule is CC1CCCN(C(=O)OCc2ccccc2)CO1. The second kappa shape index (κ2) is 6.40. The lowest BCUT2D eigenvalue weighted by Gasteiger charge is -2.19. The number of ether oxygens (including phenoxy) is 2. The van der Waals surface area contributed by atoms with Crippen LogP contribution in [0.25, 0.3) is 0 Å². The molecule has 1 aromatic rings. The van der Waals surface area contributed by atoms with E-state index >= 15 is 0 Å². The fourth-order valence-electron chi connectivity index (χ4n) is 1.89. The van der Waals surface area contributed by atoms with Crippen molar-refractivity contribution in [3.8, 4) is 0 Å². The molecule has 1 fully saturated rings. The van der Waals surface area contributed by atoms with Crippen LogP contribution in [0.5, 0.6) is 0 Å². The zero-order chi connectivity index (χ0) is 12.8. The Kier molecular flexibility index (Phi) is 4.59. The van der Waals surface area contributed by atoms with Gasteiger partial charge in [0.15, 0.2) is 0 Å². The van der Waals surface area contributed by atoms with Gasteiger partial charge in [0.2, 0.25) is 0 Å². The molecule has 0 saturated carbocycles. The first kappa shape index (κ1) is 12.9.